The Labute approximate surface area is 201 Å². The first-order valence-corrected chi connectivity index (χ1v) is 14.1. The van der Waals surface area contributed by atoms with E-state index < -0.39 is 0 Å². The molecule has 10 atom stereocenters. The molecule has 0 aromatic carbocycles. The van der Waals surface area contributed by atoms with E-state index >= 15 is 0 Å². The number of rotatable bonds is 6. The van der Waals surface area contributed by atoms with Gasteiger partial charge in [-0.05, 0) is 117 Å². The third kappa shape index (κ3) is 4.29. The average molecular weight is 461 g/mol. The van der Waals surface area contributed by atoms with E-state index in [0.717, 1.165) is 51.3 Å². The van der Waals surface area contributed by atoms with Crippen molar-refractivity contribution in [1.82, 2.24) is 10.6 Å². The molecule has 2 heterocycles. The summed E-state index contributed by atoms with van der Waals surface area (Å²) in [6.07, 6.45) is 11.1. The van der Waals surface area contributed by atoms with Gasteiger partial charge in [-0.25, -0.2) is 0 Å². The molecular formula is C28H48N2O3. The van der Waals surface area contributed by atoms with Crippen LogP contribution in [0.5, 0.6) is 0 Å². The lowest BCUT2D eigenvalue weighted by molar-refractivity contribution is -0.161. The Kier molecular flexibility index (Phi) is 6.87. The van der Waals surface area contributed by atoms with Crippen LogP contribution in [0.2, 0.25) is 0 Å². The molecule has 1 amide bonds. The Hall–Kier alpha value is -0.650. The van der Waals surface area contributed by atoms with Crippen molar-refractivity contribution in [3.63, 3.8) is 0 Å². The fourth-order valence-corrected chi connectivity index (χ4v) is 9.57. The van der Waals surface area contributed by atoms with E-state index in [2.05, 4.69) is 31.4 Å². The first-order chi connectivity index (χ1) is 15.8. The zero-order valence-electron chi connectivity index (χ0n) is 21.3. The van der Waals surface area contributed by atoms with Crippen molar-refractivity contribution in [3.8, 4) is 0 Å². The molecule has 5 fully saturated rings. The van der Waals surface area contributed by atoms with Crippen LogP contribution in [0, 0.1) is 46.3 Å². The first-order valence-electron chi connectivity index (χ1n) is 14.1. The zero-order chi connectivity index (χ0) is 23.2. The minimum absolute atomic E-state index is 0.116. The van der Waals surface area contributed by atoms with Crippen LogP contribution in [-0.4, -0.2) is 49.5 Å². The Balaban J connectivity index is 1.20. The van der Waals surface area contributed by atoms with Gasteiger partial charge >= 0.3 is 0 Å². The Bertz CT molecular complexity index is 709. The van der Waals surface area contributed by atoms with E-state index in [1.807, 2.05) is 0 Å². The number of aliphatic hydroxyl groups excluding tert-OH is 1. The van der Waals surface area contributed by atoms with Crippen molar-refractivity contribution in [2.24, 2.45) is 46.3 Å². The summed E-state index contributed by atoms with van der Waals surface area (Å²) < 4.78 is 5.37. The van der Waals surface area contributed by atoms with Gasteiger partial charge in [0.2, 0.25) is 5.91 Å². The largest absolute Gasteiger partial charge is 0.393 e. The Morgan fingerprint density at radius 1 is 1.15 bits per heavy atom. The maximum absolute atomic E-state index is 12.3. The van der Waals surface area contributed by atoms with Crippen molar-refractivity contribution < 1.29 is 14.6 Å². The molecule has 2 saturated heterocycles. The quantitative estimate of drug-likeness (QED) is 0.557. The summed E-state index contributed by atoms with van der Waals surface area (Å²) in [6.45, 7) is 11.3. The highest BCUT2D eigenvalue weighted by Gasteiger charge is 2.62. The maximum Gasteiger partial charge on any atom is 0.220 e. The number of ether oxygens (including phenoxy) is 1. The van der Waals surface area contributed by atoms with Crippen molar-refractivity contribution in [2.45, 2.75) is 97.1 Å². The van der Waals surface area contributed by atoms with Gasteiger partial charge in [-0.2, -0.15) is 0 Å². The van der Waals surface area contributed by atoms with E-state index in [1.54, 1.807) is 0 Å². The van der Waals surface area contributed by atoms with Crippen LogP contribution in [0.3, 0.4) is 0 Å². The Morgan fingerprint density at radius 3 is 2.76 bits per heavy atom. The van der Waals surface area contributed by atoms with Crippen LogP contribution < -0.4 is 10.6 Å². The monoisotopic (exact) mass is 460 g/mol. The fourth-order valence-electron chi connectivity index (χ4n) is 9.57. The van der Waals surface area contributed by atoms with Gasteiger partial charge in [-0.15, -0.1) is 0 Å². The van der Waals surface area contributed by atoms with Crippen molar-refractivity contribution in [3.05, 3.63) is 0 Å². The van der Waals surface area contributed by atoms with Crippen LogP contribution in [0.15, 0.2) is 0 Å². The summed E-state index contributed by atoms with van der Waals surface area (Å²) in [4.78, 5) is 12.3. The van der Waals surface area contributed by atoms with Crippen LogP contribution in [0.25, 0.3) is 0 Å². The van der Waals surface area contributed by atoms with Gasteiger partial charge in [-0.1, -0.05) is 20.8 Å². The topological polar surface area (TPSA) is 70.6 Å². The van der Waals surface area contributed by atoms with Crippen LogP contribution in [0.1, 0.15) is 85.0 Å². The molecular weight excluding hydrogens is 412 g/mol. The lowest BCUT2D eigenvalue weighted by Crippen LogP contribution is -2.60. The molecule has 0 aromatic rings. The highest BCUT2D eigenvalue weighted by Crippen LogP contribution is 2.67. The van der Waals surface area contributed by atoms with Gasteiger partial charge in [0.1, 0.15) is 0 Å². The predicted octanol–water partition coefficient (Wildman–Crippen LogP) is 4.14. The van der Waals surface area contributed by atoms with Crippen LogP contribution >= 0.6 is 0 Å². The van der Waals surface area contributed by atoms with Crippen molar-refractivity contribution in [1.29, 1.82) is 0 Å². The molecule has 2 aliphatic heterocycles. The predicted molar refractivity (Wildman–Crippen MR) is 131 cm³/mol. The Morgan fingerprint density at radius 2 is 1.97 bits per heavy atom. The second kappa shape index (κ2) is 9.43. The van der Waals surface area contributed by atoms with Gasteiger partial charge in [-0.3, -0.25) is 4.79 Å². The summed E-state index contributed by atoms with van der Waals surface area (Å²) in [5, 5.41) is 18.1. The number of fused-ring (bicyclic) bond motifs is 5. The molecule has 0 aromatic heterocycles. The third-order valence-corrected chi connectivity index (χ3v) is 11.4. The van der Waals surface area contributed by atoms with Crippen LogP contribution in [-0.2, 0) is 9.53 Å². The number of aliphatic hydroxyl groups is 1. The molecule has 5 nitrogen and oxygen atoms in total. The number of nitrogens with one attached hydrogen (secondary N) is 2. The molecule has 5 heteroatoms. The fraction of sp³-hybridized carbons (Fsp3) is 0.964. The van der Waals surface area contributed by atoms with Gasteiger partial charge in [0, 0.05) is 13.0 Å². The summed E-state index contributed by atoms with van der Waals surface area (Å²) in [6, 6.07) is 0.225. The van der Waals surface area contributed by atoms with E-state index in [-0.39, 0.29) is 18.1 Å². The molecule has 188 valence electrons. The van der Waals surface area contributed by atoms with Crippen LogP contribution in [0.4, 0.5) is 0 Å². The number of carbonyl (C=O) groups excluding carboxylic acids is 1. The van der Waals surface area contributed by atoms with E-state index in [9.17, 15) is 9.90 Å². The normalized spacial score (nSPS) is 47.9. The van der Waals surface area contributed by atoms with Gasteiger partial charge < -0.3 is 20.5 Å². The lowest BCUT2D eigenvalue weighted by Gasteiger charge is -2.62. The van der Waals surface area contributed by atoms with Gasteiger partial charge in [0.15, 0.2) is 0 Å². The molecule has 5 aliphatic rings. The number of piperidine rings is 1. The smallest absolute Gasteiger partial charge is 0.220 e. The number of hydrogen-bond acceptors (Lipinski definition) is 4. The molecule has 0 bridgehead atoms. The minimum Gasteiger partial charge on any atom is -0.393 e. The third-order valence-electron chi connectivity index (χ3n) is 11.4. The number of carbonyl (C=O) groups is 1. The van der Waals surface area contributed by atoms with Crippen molar-refractivity contribution in [2.75, 3.05) is 26.3 Å². The molecule has 0 radical (unpaired) electrons. The van der Waals surface area contributed by atoms with Gasteiger partial charge in [0.05, 0.1) is 18.8 Å². The second-order valence-corrected chi connectivity index (χ2v) is 13.0. The van der Waals surface area contributed by atoms with E-state index in [0.29, 0.717) is 53.4 Å². The SMILES string of the molecule is C[C@H](CCCC(=O)NC1CCOC1)[C@H]1CC[C@H]2[C@@H]3[C@@H](O)C[C@@H]4CNCC[C@]4(C)[C@H]3CC[C@]12C. The minimum atomic E-state index is -0.116. The summed E-state index contributed by atoms with van der Waals surface area (Å²) in [5.41, 5.74) is 0.777. The lowest BCUT2D eigenvalue weighted by atomic mass is 9.45. The standard InChI is InChI=1S/C28H48N2O3/c1-18(5-4-6-25(32)30-20-10-14-33-17-20)21-7-8-22-26-23(9-11-28(21,22)3)27(2)12-13-29-16-19(27)15-24(26)31/h18-24,26,29,31H,4-17H2,1-3H3,(H,30,32)/t18-,19-,20?,21-,22+,23+,24+,26+,27+,28-/m1/s1. The van der Waals surface area contributed by atoms with E-state index in [1.165, 1.54) is 32.1 Å². The highest BCUT2D eigenvalue weighted by atomic mass is 16.5. The van der Waals surface area contributed by atoms with Gasteiger partial charge in [0.25, 0.3) is 0 Å². The molecule has 0 spiro atoms. The number of amides is 1. The molecule has 3 aliphatic carbocycles. The summed E-state index contributed by atoms with van der Waals surface area (Å²) in [5.74, 6) is 4.11. The van der Waals surface area contributed by atoms with E-state index in [4.69, 9.17) is 4.74 Å². The highest BCUT2D eigenvalue weighted by molar-refractivity contribution is 5.76. The molecule has 33 heavy (non-hydrogen) atoms. The first kappa shape index (κ1) is 24.1. The summed E-state index contributed by atoms with van der Waals surface area (Å²) >= 11 is 0. The molecule has 3 N–H and O–H groups in total. The summed E-state index contributed by atoms with van der Waals surface area (Å²) in [7, 11) is 0. The zero-order valence-corrected chi connectivity index (χ0v) is 21.3. The molecule has 3 saturated carbocycles. The average Bonchev–Trinajstić information content (AvgIpc) is 3.41. The second-order valence-electron chi connectivity index (χ2n) is 13.0. The maximum atomic E-state index is 12.3. The van der Waals surface area contributed by atoms with Crippen molar-refractivity contribution >= 4 is 5.91 Å². The molecule has 1 unspecified atom stereocenters. The molecule has 5 rings (SSSR count). The number of hydrogen-bond donors (Lipinski definition) is 3.